The molecule has 4 aromatic rings. The molecule has 1 aliphatic heterocycles. The summed E-state index contributed by atoms with van der Waals surface area (Å²) < 4.78 is 17.1. The maximum absolute atomic E-state index is 13.4. The van der Waals surface area contributed by atoms with E-state index < -0.39 is 0 Å². The molecular weight excluding hydrogens is 454 g/mol. The van der Waals surface area contributed by atoms with Gasteiger partial charge in [0.1, 0.15) is 18.1 Å². The van der Waals surface area contributed by atoms with Gasteiger partial charge in [0.05, 0.1) is 26.0 Å². The van der Waals surface area contributed by atoms with Crippen LogP contribution in [0.2, 0.25) is 0 Å². The number of aromatic amines is 1. The van der Waals surface area contributed by atoms with E-state index in [0.29, 0.717) is 30.3 Å². The number of benzene rings is 3. The van der Waals surface area contributed by atoms with Crippen molar-refractivity contribution < 1.29 is 19.0 Å². The number of amides is 1. The number of aromatic nitrogens is 2. The minimum Gasteiger partial charge on any atom is -0.497 e. The van der Waals surface area contributed by atoms with Crippen molar-refractivity contribution in [2.45, 2.75) is 26.0 Å². The highest BCUT2D eigenvalue weighted by molar-refractivity contribution is 6.00. The molecule has 1 atom stereocenters. The number of hydrogen-bond donors (Lipinski definition) is 1. The van der Waals surface area contributed by atoms with E-state index in [1.54, 1.807) is 14.2 Å². The standard InChI is InChI=1S/C29H29N3O4/c1-4-16-32-28(21-12-15-23(24(17-21)35-3)36-18-19-8-6-5-7-9-19)25-26(30-31-27(25)29(32)33)20-10-13-22(34-2)14-11-20/h5-15,17,28H,4,16,18H2,1-3H3,(H,30,31). The van der Waals surface area contributed by atoms with Gasteiger partial charge in [0.15, 0.2) is 11.5 Å². The monoisotopic (exact) mass is 483 g/mol. The van der Waals surface area contributed by atoms with Crippen LogP contribution in [0.4, 0.5) is 0 Å². The molecule has 1 aromatic heterocycles. The summed E-state index contributed by atoms with van der Waals surface area (Å²) in [6.45, 7) is 3.14. The van der Waals surface area contributed by atoms with E-state index in [4.69, 9.17) is 14.2 Å². The average molecular weight is 484 g/mol. The van der Waals surface area contributed by atoms with Crippen molar-refractivity contribution in [2.24, 2.45) is 0 Å². The lowest BCUT2D eigenvalue weighted by atomic mass is 9.95. The molecule has 0 fully saturated rings. The van der Waals surface area contributed by atoms with E-state index in [2.05, 4.69) is 17.1 Å². The molecule has 2 heterocycles. The molecule has 36 heavy (non-hydrogen) atoms. The Balaban J connectivity index is 1.52. The largest absolute Gasteiger partial charge is 0.497 e. The number of nitrogens with one attached hydrogen (secondary N) is 1. The molecule has 0 aliphatic carbocycles. The second kappa shape index (κ2) is 10.2. The highest BCUT2D eigenvalue weighted by Crippen LogP contribution is 2.44. The van der Waals surface area contributed by atoms with Gasteiger partial charge in [0.2, 0.25) is 0 Å². The first-order chi connectivity index (χ1) is 17.6. The van der Waals surface area contributed by atoms with E-state index in [-0.39, 0.29) is 11.9 Å². The molecule has 1 N–H and O–H groups in total. The fourth-order valence-corrected chi connectivity index (χ4v) is 4.69. The van der Waals surface area contributed by atoms with Gasteiger partial charge < -0.3 is 19.1 Å². The summed E-state index contributed by atoms with van der Waals surface area (Å²) >= 11 is 0. The highest BCUT2D eigenvalue weighted by Gasteiger charge is 2.42. The molecule has 0 saturated carbocycles. The van der Waals surface area contributed by atoms with Crippen molar-refractivity contribution in [1.82, 2.24) is 15.1 Å². The highest BCUT2D eigenvalue weighted by atomic mass is 16.5. The van der Waals surface area contributed by atoms with E-state index in [0.717, 1.165) is 40.1 Å². The fourth-order valence-electron chi connectivity index (χ4n) is 4.69. The minimum absolute atomic E-state index is 0.0486. The molecule has 3 aromatic carbocycles. The fraction of sp³-hybridized carbons (Fsp3) is 0.241. The molecule has 1 unspecified atom stereocenters. The quantitative estimate of drug-likeness (QED) is 0.334. The first-order valence-electron chi connectivity index (χ1n) is 12.0. The molecule has 0 saturated heterocycles. The zero-order chi connectivity index (χ0) is 25.1. The minimum atomic E-state index is -0.291. The number of carbonyl (C=O) groups is 1. The van der Waals surface area contributed by atoms with Crippen molar-refractivity contribution in [3.05, 3.63) is 95.2 Å². The Hall–Kier alpha value is -4.26. The van der Waals surface area contributed by atoms with Crippen molar-refractivity contribution in [1.29, 1.82) is 0 Å². The summed E-state index contributed by atoms with van der Waals surface area (Å²) in [6, 6.07) is 23.3. The van der Waals surface area contributed by atoms with Crippen molar-refractivity contribution in [2.75, 3.05) is 20.8 Å². The molecule has 7 heteroatoms. The van der Waals surface area contributed by atoms with E-state index in [1.165, 1.54) is 0 Å². The molecule has 184 valence electrons. The molecular formula is C29H29N3O4. The van der Waals surface area contributed by atoms with Gasteiger partial charge in [0.25, 0.3) is 5.91 Å². The normalized spacial score (nSPS) is 14.6. The number of H-pyrrole nitrogens is 1. The SMILES string of the molecule is CCCN1C(=O)c2[nH]nc(-c3ccc(OC)cc3)c2C1c1ccc(OCc2ccccc2)c(OC)c1. The van der Waals surface area contributed by atoms with Crippen LogP contribution in [0.25, 0.3) is 11.3 Å². The number of hydrogen-bond acceptors (Lipinski definition) is 5. The molecule has 5 rings (SSSR count). The van der Waals surface area contributed by atoms with Gasteiger partial charge in [0, 0.05) is 17.7 Å². The molecule has 7 nitrogen and oxygen atoms in total. The lowest BCUT2D eigenvalue weighted by Crippen LogP contribution is -2.30. The van der Waals surface area contributed by atoms with Gasteiger partial charge >= 0.3 is 0 Å². The van der Waals surface area contributed by atoms with E-state index >= 15 is 0 Å². The van der Waals surface area contributed by atoms with E-state index in [9.17, 15) is 4.79 Å². The topological polar surface area (TPSA) is 76.7 Å². The number of rotatable bonds is 9. The molecule has 1 amide bonds. The smallest absolute Gasteiger partial charge is 0.273 e. The zero-order valence-electron chi connectivity index (χ0n) is 20.7. The van der Waals surface area contributed by atoms with Crippen LogP contribution in [0, 0.1) is 0 Å². The van der Waals surface area contributed by atoms with Gasteiger partial charge in [-0.3, -0.25) is 9.89 Å². The first-order valence-corrected chi connectivity index (χ1v) is 12.0. The van der Waals surface area contributed by atoms with Crippen molar-refractivity contribution >= 4 is 5.91 Å². The predicted octanol–water partition coefficient (Wildman–Crippen LogP) is 5.63. The second-order valence-corrected chi connectivity index (χ2v) is 8.68. The predicted molar refractivity (Wildman–Crippen MR) is 138 cm³/mol. The summed E-state index contributed by atoms with van der Waals surface area (Å²) in [5.41, 5.74) is 5.09. The summed E-state index contributed by atoms with van der Waals surface area (Å²) in [5, 5.41) is 7.54. The third-order valence-electron chi connectivity index (χ3n) is 6.43. The van der Waals surface area contributed by atoms with Crippen LogP contribution >= 0.6 is 0 Å². The molecule has 0 bridgehead atoms. The first kappa shape index (κ1) is 23.5. The zero-order valence-corrected chi connectivity index (χ0v) is 20.7. The van der Waals surface area contributed by atoms with Gasteiger partial charge in [-0.05, 0) is 53.9 Å². The average Bonchev–Trinajstić information content (AvgIpc) is 3.47. The lowest BCUT2D eigenvalue weighted by Gasteiger charge is -2.26. The third kappa shape index (κ3) is 4.28. The Morgan fingerprint density at radius 2 is 1.72 bits per heavy atom. The molecule has 1 aliphatic rings. The Morgan fingerprint density at radius 3 is 2.42 bits per heavy atom. The number of carbonyl (C=O) groups excluding carboxylic acids is 1. The number of ether oxygens (including phenoxy) is 3. The maximum atomic E-state index is 13.4. The lowest BCUT2D eigenvalue weighted by molar-refractivity contribution is 0.0743. The van der Waals surface area contributed by atoms with Gasteiger partial charge in [-0.2, -0.15) is 5.10 Å². The van der Waals surface area contributed by atoms with E-state index in [1.807, 2.05) is 77.7 Å². The third-order valence-corrected chi connectivity index (χ3v) is 6.43. The van der Waals surface area contributed by atoms with Crippen LogP contribution in [0.1, 0.15) is 46.6 Å². The Bertz CT molecular complexity index is 1350. The van der Waals surface area contributed by atoms with Crippen LogP contribution in [0.15, 0.2) is 72.8 Å². The number of methoxy groups -OCH3 is 2. The Kier molecular flexibility index (Phi) is 6.62. The van der Waals surface area contributed by atoms with Crippen LogP contribution in [0.3, 0.4) is 0 Å². The Morgan fingerprint density at radius 1 is 0.944 bits per heavy atom. The second-order valence-electron chi connectivity index (χ2n) is 8.68. The Labute approximate surface area is 210 Å². The van der Waals surface area contributed by atoms with Crippen LogP contribution < -0.4 is 14.2 Å². The van der Waals surface area contributed by atoms with Crippen LogP contribution in [-0.2, 0) is 6.61 Å². The van der Waals surface area contributed by atoms with Crippen LogP contribution in [0.5, 0.6) is 17.2 Å². The number of nitrogens with zero attached hydrogens (tertiary/aromatic N) is 2. The summed E-state index contributed by atoms with van der Waals surface area (Å²) in [7, 11) is 3.27. The van der Waals surface area contributed by atoms with Gasteiger partial charge in [-0.25, -0.2) is 0 Å². The summed E-state index contributed by atoms with van der Waals surface area (Å²) in [4.78, 5) is 15.3. The van der Waals surface area contributed by atoms with Crippen LogP contribution in [-0.4, -0.2) is 41.8 Å². The number of fused-ring (bicyclic) bond motifs is 1. The van der Waals surface area contributed by atoms with Crippen molar-refractivity contribution in [3.63, 3.8) is 0 Å². The molecule has 0 spiro atoms. The van der Waals surface area contributed by atoms with Gasteiger partial charge in [-0.1, -0.05) is 43.3 Å². The summed E-state index contributed by atoms with van der Waals surface area (Å²) in [5.74, 6) is 1.99. The van der Waals surface area contributed by atoms with Crippen molar-refractivity contribution in [3.8, 4) is 28.5 Å². The van der Waals surface area contributed by atoms with Gasteiger partial charge in [-0.15, -0.1) is 0 Å². The maximum Gasteiger partial charge on any atom is 0.273 e. The summed E-state index contributed by atoms with van der Waals surface area (Å²) in [6.07, 6.45) is 0.840. The molecule has 0 radical (unpaired) electrons.